The van der Waals surface area contributed by atoms with Gasteiger partial charge in [0.05, 0.1) is 7.11 Å². The van der Waals surface area contributed by atoms with Gasteiger partial charge < -0.3 is 9.53 Å². The van der Waals surface area contributed by atoms with Crippen molar-refractivity contribution >= 4 is 6.29 Å². The minimum Gasteiger partial charge on any atom is -0.497 e. The Kier molecular flexibility index (Phi) is 3.09. The number of fused-ring (bicyclic) bond motifs is 1. The van der Waals surface area contributed by atoms with E-state index < -0.39 is 0 Å². The number of aldehydes is 1. The van der Waals surface area contributed by atoms with Crippen LogP contribution >= 0.6 is 0 Å². The molecule has 2 fully saturated rings. The number of ether oxygens (including phenoxy) is 1. The van der Waals surface area contributed by atoms with Crippen molar-refractivity contribution in [3.63, 3.8) is 0 Å². The number of methoxy groups -OCH3 is 1. The molecule has 0 radical (unpaired) electrons. The zero-order valence-corrected chi connectivity index (χ0v) is 12.8. The quantitative estimate of drug-likeness (QED) is 0.770. The molecule has 21 heavy (non-hydrogen) atoms. The molecule has 0 amide bonds. The van der Waals surface area contributed by atoms with E-state index in [4.69, 9.17) is 4.74 Å². The Hall–Kier alpha value is -1.31. The molecule has 4 atom stereocenters. The third-order valence-corrected chi connectivity index (χ3v) is 6.57. The lowest BCUT2D eigenvalue weighted by molar-refractivity contribution is -0.117. The van der Waals surface area contributed by atoms with Crippen molar-refractivity contribution < 1.29 is 9.53 Å². The van der Waals surface area contributed by atoms with E-state index in [1.807, 2.05) is 0 Å². The molecule has 2 heteroatoms. The predicted octanol–water partition coefficient (Wildman–Crippen LogP) is 3.90. The second kappa shape index (κ2) is 4.86. The molecule has 3 aliphatic rings. The number of carbonyl (C=O) groups is 1. The van der Waals surface area contributed by atoms with Gasteiger partial charge in [-0.3, -0.25) is 0 Å². The van der Waals surface area contributed by atoms with Gasteiger partial charge in [-0.25, -0.2) is 0 Å². The molecule has 2 nitrogen and oxygen atoms in total. The first kappa shape index (κ1) is 13.4. The van der Waals surface area contributed by atoms with Gasteiger partial charge in [0.1, 0.15) is 12.0 Å². The van der Waals surface area contributed by atoms with Gasteiger partial charge in [0.2, 0.25) is 0 Å². The van der Waals surface area contributed by atoms with Crippen LogP contribution in [0.1, 0.15) is 49.7 Å². The Morgan fingerprint density at radius 2 is 2.14 bits per heavy atom. The largest absolute Gasteiger partial charge is 0.497 e. The number of carbonyl (C=O) groups excluding carboxylic acids is 1. The first-order valence-electron chi connectivity index (χ1n) is 8.41. The first-order chi connectivity index (χ1) is 10.3. The molecule has 0 heterocycles. The van der Waals surface area contributed by atoms with Gasteiger partial charge in [-0.1, -0.05) is 18.9 Å². The highest BCUT2D eigenvalue weighted by Gasteiger charge is 2.54. The van der Waals surface area contributed by atoms with Crippen molar-refractivity contribution in [2.24, 2.45) is 17.8 Å². The van der Waals surface area contributed by atoms with Crippen molar-refractivity contribution in [2.45, 2.75) is 50.4 Å². The zero-order valence-electron chi connectivity index (χ0n) is 12.8. The average Bonchev–Trinajstić information content (AvgIpc) is 2.54. The molecule has 0 N–H and O–H groups in total. The van der Waals surface area contributed by atoms with Crippen molar-refractivity contribution in [3.8, 4) is 5.75 Å². The molecule has 2 bridgehead atoms. The summed E-state index contributed by atoms with van der Waals surface area (Å²) < 4.78 is 5.48. The molecular weight excluding hydrogens is 260 g/mol. The summed E-state index contributed by atoms with van der Waals surface area (Å²) in [6, 6.07) is 6.64. The lowest BCUT2D eigenvalue weighted by Crippen LogP contribution is -2.52. The van der Waals surface area contributed by atoms with Gasteiger partial charge in [-0.05, 0) is 72.6 Å². The molecule has 0 aliphatic heterocycles. The Morgan fingerprint density at radius 3 is 2.95 bits per heavy atom. The summed E-state index contributed by atoms with van der Waals surface area (Å²) in [6.07, 6.45) is 9.91. The molecule has 0 aromatic heterocycles. The Labute approximate surface area is 126 Å². The summed E-state index contributed by atoms with van der Waals surface area (Å²) in [6.45, 7) is 0. The molecule has 2 saturated carbocycles. The van der Waals surface area contributed by atoms with Crippen LogP contribution in [-0.4, -0.2) is 13.4 Å². The normalized spacial score (nSPS) is 37.3. The Balaban J connectivity index is 1.87. The molecule has 2 unspecified atom stereocenters. The summed E-state index contributed by atoms with van der Waals surface area (Å²) in [5.74, 6) is 2.58. The van der Waals surface area contributed by atoms with Crippen molar-refractivity contribution in [2.75, 3.05) is 7.11 Å². The average molecular weight is 284 g/mol. The molecule has 4 rings (SSSR count). The maximum Gasteiger partial charge on any atom is 0.123 e. The highest BCUT2D eigenvalue weighted by Crippen LogP contribution is 2.60. The summed E-state index contributed by atoms with van der Waals surface area (Å²) in [5.41, 5.74) is 3.36. The zero-order chi connectivity index (χ0) is 14.4. The highest BCUT2D eigenvalue weighted by atomic mass is 16.5. The summed E-state index contributed by atoms with van der Waals surface area (Å²) in [4.78, 5) is 11.5. The van der Waals surface area contributed by atoms with Crippen LogP contribution in [0.5, 0.6) is 5.75 Å². The maximum atomic E-state index is 11.5. The second-order valence-electron chi connectivity index (χ2n) is 7.24. The van der Waals surface area contributed by atoms with Crippen LogP contribution in [-0.2, 0) is 16.6 Å². The highest BCUT2D eigenvalue weighted by molar-refractivity contribution is 5.57. The first-order valence-corrected chi connectivity index (χ1v) is 8.41. The smallest absolute Gasteiger partial charge is 0.123 e. The fourth-order valence-electron chi connectivity index (χ4n) is 5.65. The second-order valence-corrected chi connectivity index (χ2v) is 7.24. The molecule has 0 saturated heterocycles. The van der Waals surface area contributed by atoms with Gasteiger partial charge in [0.25, 0.3) is 0 Å². The summed E-state index contributed by atoms with van der Waals surface area (Å²) in [7, 11) is 1.76. The van der Waals surface area contributed by atoms with Gasteiger partial charge in [-0.2, -0.15) is 0 Å². The van der Waals surface area contributed by atoms with Crippen molar-refractivity contribution in [3.05, 3.63) is 29.3 Å². The van der Waals surface area contributed by atoms with E-state index in [1.54, 1.807) is 12.7 Å². The molecule has 1 aromatic carbocycles. The van der Waals surface area contributed by atoms with E-state index in [9.17, 15) is 4.79 Å². The summed E-state index contributed by atoms with van der Waals surface area (Å²) in [5, 5.41) is 0. The van der Waals surface area contributed by atoms with Gasteiger partial charge >= 0.3 is 0 Å². The minimum absolute atomic E-state index is 0.288. The monoisotopic (exact) mass is 284 g/mol. The van der Waals surface area contributed by atoms with E-state index in [0.29, 0.717) is 11.3 Å². The van der Waals surface area contributed by atoms with Gasteiger partial charge in [0.15, 0.2) is 0 Å². The van der Waals surface area contributed by atoms with Crippen LogP contribution in [0, 0.1) is 17.8 Å². The van der Waals surface area contributed by atoms with Crippen molar-refractivity contribution in [1.29, 1.82) is 0 Å². The number of hydrogen-bond acceptors (Lipinski definition) is 2. The third kappa shape index (κ3) is 1.81. The van der Waals surface area contributed by atoms with E-state index in [-0.39, 0.29) is 5.92 Å². The van der Waals surface area contributed by atoms with Crippen LogP contribution in [0.2, 0.25) is 0 Å². The summed E-state index contributed by atoms with van der Waals surface area (Å²) >= 11 is 0. The predicted molar refractivity (Wildman–Crippen MR) is 82.6 cm³/mol. The topological polar surface area (TPSA) is 26.3 Å². The standard InChI is InChI=1S/C19H24O2/c1-21-15-6-5-13-10-16-14(12-20)7-9-19(18(13)11-15)8-3-2-4-17(16)19/h5-6,11-12,14,16-17H,2-4,7-10H2,1H3/t14?,16-,17-,19?/m0/s1. The van der Waals surface area contributed by atoms with Gasteiger partial charge in [0, 0.05) is 5.92 Å². The SMILES string of the molecule is COc1ccc2c(c1)C13CCCC[C@H]1[C@@H](C2)C(C=O)CC3. The fraction of sp³-hybridized carbons (Fsp3) is 0.632. The van der Waals surface area contributed by atoms with Crippen LogP contribution in [0.3, 0.4) is 0 Å². The van der Waals surface area contributed by atoms with E-state index in [2.05, 4.69) is 18.2 Å². The maximum absolute atomic E-state index is 11.5. The van der Waals surface area contributed by atoms with Gasteiger partial charge in [-0.15, -0.1) is 0 Å². The number of benzene rings is 1. The van der Waals surface area contributed by atoms with Crippen LogP contribution in [0.4, 0.5) is 0 Å². The lowest BCUT2D eigenvalue weighted by Gasteiger charge is -2.57. The Bertz CT molecular complexity index is 565. The van der Waals surface area contributed by atoms with Crippen LogP contribution in [0.15, 0.2) is 18.2 Å². The van der Waals surface area contributed by atoms with E-state index in [0.717, 1.165) is 24.5 Å². The number of hydrogen-bond donors (Lipinski definition) is 0. The van der Waals surface area contributed by atoms with Crippen molar-refractivity contribution in [1.82, 2.24) is 0 Å². The number of rotatable bonds is 2. The van der Waals surface area contributed by atoms with Crippen LogP contribution < -0.4 is 4.74 Å². The molecular formula is C19H24O2. The molecule has 3 aliphatic carbocycles. The molecule has 0 spiro atoms. The van der Waals surface area contributed by atoms with E-state index >= 15 is 0 Å². The Morgan fingerprint density at radius 1 is 1.24 bits per heavy atom. The minimum atomic E-state index is 0.288. The lowest BCUT2D eigenvalue weighted by atomic mass is 9.47. The fourth-order valence-corrected chi connectivity index (χ4v) is 5.65. The van der Waals surface area contributed by atoms with E-state index in [1.165, 1.54) is 44.0 Å². The molecule has 112 valence electrons. The van der Waals surface area contributed by atoms with Crippen LogP contribution in [0.25, 0.3) is 0 Å². The molecule has 1 aromatic rings. The third-order valence-electron chi connectivity index (χ3n) is 6.57.